The lowest BCUT2D eigenvalue weighted by molar-refractivity contribution is 0.199. The fraction of sp³-hybridized carbons (Fsp3) is 1.00. The first-order valence-corrected chi connectivity index (χ1v) is 10.6. The smallest absolute Gasteiger partial charge is 0.0616 e. The first-order chi connectivity index (χ1) is 8.74. The van der Waals surface area contributed by atoms with E-state index in [4.69, 9.17) is 4.74 Å². The topological polar surface area (TPSA) is 9.23 Å². The molecular formula is C16H36OP+. The maximum atomic E-state index is 5.27. The molecule has 1 nitrogen and oxygen atoms in total. The second-order valence-electron chi connectivity index (χ2n) is 5.64. The molecule has 0 radical (unpaired) electrons. The molecule has 0 fully saturated rings. The molecule has 2 heteroatoms. The van der Waals surface area contributed by atoms with Gasteiger partial charge in [-0.1, -0.05) is 40.0 Å². The third-order valence-electron chi connectivity index (χ3n) is 3.94. The van der Waals surface area contributed by atoms with Crippen molar-refractivity contribution in [3.63, 3.8) is 0 Å². The monoisotopic (exact) mass is 275 g/mol. The zero-order chi connectivity index (χ0) is 13.7. The molecule has 0 bridgehead atoms. The molecule has 0 unspecified atom stereocenters. The number of ether oxygens (including phenoxy) is 1. The standard InChI is InChI=1S/C16H36OP/c1-5-8-13-18(14-9-6-2,15-10-7-3)16-11-12-17-4/h5-16H2,1-4H3/q+1. The summed E-state index contributed by atoms with van der Waals surface area (Å²) in [5, 5.41) is 0. The van der Waals surface area contributed by atoms with E-state index >= 15 is 0 Å². The number of hydrogen-bond donors (Lipinski definition) is 0. The van der Waals surface area contributed by atoms with Crippen LogP contribution in [0.1, 0.15) is 65.7 Å². The Morgan fingerprint density at radius 2 is 1.06 bits per heavy atom. The molecular weight excluding hydrogens is 239 g/mol. The zero-order valence-electron chi connectivity index (χ0n) is 13.3. The molecule has 18 heavy (non-hydrogen) atoms. The van der Waals surface area contributed by atoms with Gasteiger partial charge in [-0.2, -0.15) is 0 Å². The Hall–Kier alpha value is 0.390. The predicted octanol–water partition coefficient (Wildman–Crippen LogP) is 5.44. The van der Waals surface area contributed by atoms with Gasteiger partial charge in [-0.25, -0.2) is 0 Å². The molecule has 0 amide bonds. The van der Waals surface area contributed by atoms with Crippen molar-refractivity contribution in [3.8, 4) is 0 Å². The van der Waals surface area contributed by atoms with Gasteiger partial charge in [0.25, 0.3) is 0 Å². The van der Waals surface area contributed by atoms with Gasteiger partial charge in [0, 0.05) is 27.4 Å². The largest absolute Gasteiger partial charge is 0.385 e. The van der Waals surface area contributed by atoms with Crippen molar-refractivity contribution in [1.29, 1.82) is 0 Å². The van der Waals surface area contributed by atoms with E-state index in [1.54, 1.807) is 18.5 Å². The van der Waals surface area contributed by atoms with Gasteiger partial charge in [0.05, 0.1) is 24.6 Å². The summed E-state index contributed by atoms with van der Waals surface area (Å²) in [6.07, 6.45) is 15.9. The molecule has 0 rings (SSSR count). The van der Waals surface area contributed by atoms with Crippen molar-refractivity contribution in [1.82, 2.24) is 0 Å². The van der Waals surface area contributed by atoms with Gasteiger partial charge in [0.1, 0.15) is 0 Å². The lowest BCUT2D eigenvalue weighted by Gasteiger charge is -2.28. The summed E-state index contributed by atoms with van der Waals surface area (Å²) in [5.74, 6) is 0. The Bertz CT molecular complexity index is 149. The van der Waals surface area contributed by atoms with Crippen molar-refractivity contribution in [2.24, 2.45) is 0 Å². The minimum absolute atomic E-state index is 0.655. The van der Waals surface area contributed by atoms with Crippen LogP contribution in [0.2, 0.25) is 0 Å². The Kier molecular flexibility index (Phi) is 12.7. The lowest BCUT2D eigenvalue weighted by atomic mass is 10.4. The second kappa shape index (κ2) is 12.4. The minimum atomic E-state index is -0.655. The SMILES string of the molecule is CCCC[P+](CCCC)(CCCC)CCCOC. The number of unbranched alkanes of at least 4 members (excludes halogenated alkanes) is 3. The zero-order valence-corrected chi connectivity index (χ0v) is 14.2. The Labute approximate surface area is 116 Å². The third kappa shape index (κ3) is 8.48. The van der Waals surface area contributed by atoms with Crippen LogP contribution in [-0.2, 0) is 4.74 Å². The maximum Gasteiger partial charge on any atom is 0.0616 e. The summed E-state index contributed by atoms with van der Waals surface area (Å²) >= 11 is 0. The summed E-state index contributed by atoms with van der Waals surface area (Å²) in [7, 11) is 1.18. The van der Waals surface area contributed by atoms with Gasteiger partial charge in [0.2, 0.25) is 0 Å². The first-order valence-electron chi connectivity index (χ1n) is 8.08. The van der Waals surface area contributed by atoms with Crippen LogP contribution in [0.3, 0.4) is 0 Å². The van der Waals surface area contributed by atoms with E-state index in [1.807, 2.05) is 7.11 Å². The highest BCUT2D eigenvalue weighted by atomic mass is 31.2. The average Bonchev–Trinajstić information content (AvgIpc) is 2.40. The van der Waals surface area contributed by atoms with Crippen molar-refractivity contribution >= 4 is 7.26 Å². The second-order valence-corrected chi connectivity index (χ2v) is 10.1. The van der Waals surface area contributed by atoms with E-state index in [0.29, 0.717) is 0 Å². The van der Waals surface area contributed by atoms with Gasteiger partial charge in [-0.15, -0.1) is 0 Å². The molecule has 0 aliphatic rings. The molecule has 0 N–H and O–H groups in total. The molecule has 0 heterocycles. The molecule has 0 aliphatic heterocycles. The minimum Gasteiger partial charge on any atom is -0.385 e. The fourth-order valence-electron chi connectivity index (χ4n) is 2.70. The molecule has 0 atom stereocenters. The fourth-order valence-corrected chi connectivity index (χ4v) is 7.80. The van der Waals surface area contributed by atoms with Crippen LogP contribution in [0.15, 0.2) is 0 Å². The average molecular weight is 275 g/mol. The summed E-state index contributed by atoms with van der Waals surface area (Å²) in [6.45, 7) is 7.97. The van der Waals surface area contributed by atoms with Gasteiger partial charge < -0.3 is 4.74 Å². The number of methoxy groups -OCH3 is 1. The lowest BCUT2D eigenvalue weighted by Crippen LogP contribution is -2.14. The normalized spacial score (nSPS) is 12.0. The van der Waals surface area contributed by atoms with Crippen LogP contribution in [-0.4, -0.2) is 38.4 Å². The Morgan fingerprint density at radius 3 is 1.39 bits per heavy atom. The molecule has 0 aromatic rings. The van der Waals surface area contributed by atoms with Crippen molar-refractivity contribution in [2.75, 3.05) is 38.4 Å². The summed E-state index contributed by atoms with van der Waals surface area (Å²) in [6, 6.07) is 0. The first kappa shape index (κ1) is 18.4. The quantitative estimate of drug-likeness (QED) is 0.321. The van der Waals surface area contributed by atoms with Crippen LogP contribution in [0, 0.1) is 0 Å². The summed E-state index contributed by atoms with van der Waals surface area (Å²) in [5.41, 5.74) is 0. The van der Waals surface area contributed by atoms with Crippen LogP contribution in [0.25, 0.3) is 0 Å². The van der Waals surface area contributed by atoms with E-state index in [2.05, 4.69) is 20.8 Å². The van der Waals surface area contributed by atoms with Gasteiger partial charge in [0.15, 0.2) is 0 Å². The molecule has 0 aromatic heterocycles. The van der Waals surface area contributed by atoms with Crippen molar-refractivity contribution in [2.45, 2.75) is 65.7 Å². The highest BCUT2D eigenvalue weighted by Gasteiger charge is 2.34. The number of rotatable bonds is 13. The van der Waals surface area contributed by atoms with E-state index in [1.165, 1.54) is 51.1 Å². The van der Waals surface area contributed by atoms with Gasteiger partial charge >= 0.3 is 0 Å². The van der Waals surface area contributed by atoms with Crippen molar-refractivity contribution < 1.29 is 4.74 Å². The molecule has 0 spiro atoms. The number of hydrogen-bond acceptors (Lipinski definition) is 1. The summed E-state index contributed by atoms with van der Waals surface area (Å²) in [4.78, 5) is 0. The van der Waals surface area contributed by atoms with Gasteiger partial charge in [-0.05, 0) is 19.3 Å². The molecule has 0 aromatic carbocycles. The van der Waals surface area contributed by atoms with E-state index in [-0.39, 0.29) is 0 Å². The van der Waals surface area contributed by atoms with Crippen LogP contribution < -0.4 is 0 Å². The van der Waals surface area contributed by atoms with E-state index in [0.717, 1.165) is 6.61 Å². The molecule has 0 saturated carbocycles. The predicted molar refractivity (Wildman–Crippen MR) is 87.6 cm³/mol. The molecule has 0 saturated heterocycles. The van der Waals surface area contributed by atoms with Crippen molar-refractivity contribution in [3.05, 3.63) is 0 Å². The van der Waals surface area contributed by atoms with Crippen LogP contribution in [0.4, 0.5) is 0 Å². The maximum absolute atomic E-state index is 5.27. The van der Waals surface area contributed by atoms with E-state index in [9.17, 15) is 0 Å². The van der Waals surface area contributed by atoms with Crippen LogP contribution in [0.5, 0.6) is 0 Å². The highest BCUT2D eigenvalue weighted by molar-refractivity contribution is 7.75. The molecule has 0 aliphatic carbocycles. The Morgan fingerprint density at radius 1 is 0.667 bits per heavy atom. The van der Waals surface area contributed by atoms with Crippen LogP contribution >= 0.6 is 7.26 Å². The van der Waals surface area contributed by atoms with Gasteiger partial charge in [-0.3, -0.25) is 0 Å². The third-order valence-corrected chi connectivity index (χ3v) is 9.00. The highest BCUT2D eigenvalue weighted by Crippen LogP contribution is 2.61. The Balaban J connectivity index is 4.41. The molecule has 110 valence electrons. The summed E-state index contributed by atoms with van der Waals surface area (Å²) < 4.78 is 5.27. The van der Waals surface area contributed by atoms with E-state index < -0.39 is 7.26 Å².